The van der Waals surface area contributed by atoms with Crippen LogP contribution in [0.25, 0.3) is 0 Å². The van der Waals surface area contributed by atoms with E-state index in [1.807, 2.05) is 0 Å². The molecular weight excluding hydrogens is 320 g/mol. The molecular formula is C24H34O2. The SMILES string of the molecule is CC(=O)C1(CCCCc2ccccc2CCCCC2(C(C)=O)CC2)CC1. The maximum absolute atomic E-state index is 11.7. The highest BCUT2D eigenvalue weighted by Gasteiger charge is 2.46. The lowest BCUT2D eigenvalue weighted by Crippen LogP contribution is -2.11. The smallest absolute Gasteiger partial charge is 0.135 e. The lowest BCUT2D eigenvalue weighted by Gasteiger charge is -2.13. The van der Waals surface area contributed by atoms with Crippen molar-refractivity contribution in [2.45, 2.75) is 90.9 Å². The van der Waals surface area contributed by atoms with Crippen molar-refractivity contribution in [1.82, 2.24) is 0 Å². The molecule has 2 heteroatoms. The Balaban J connectivity index is 1.40. The normalized spacial score (nSPS) is 19.2. The highest BCUT2D eigenvalue weighted by atomic mass is 16.1. The quantitative estimate of drug-likeness (QED) is 0.441. The standard InChI is InChI=1S/C24H34O2/c1-19(25)23(15-16-23)13-7-5-11-21-9-3-4-10-22(21)12-6-8-14-24(17-18-24)20(2)26/h3-4,9-10H,5-8,11-18H2,1-2H3. The number of hydrogen-bond donors (Lipinski definition) is 0. The van der Waals surface area contributed by atoms with Crippen molar-refractivity contribution < 1.29 is 9.59 Å². The van der Waals surface area contributed by atoms with Crippen LogP contribution in [0.5, 0.6) is 0 Å². The molecule has 0 heterocycles. The zero-order valence-electron chi connectivity index (χ0n) is 16.6. The predicted molar refractivity (Wildman–Crippen MR) is 106 cm³/mol. The van der Waals surface area contributed by atoms with E-state index >= 15 is 0 Å². The third-order valence-electron chi connectivity index (χ3n) is 7.02. The Morgan fingerprint density at radius 1 is 0.731 bits per heavy atom. The summed E-state index contributed by atoms with van der Waals surface area (Å²) in [6.45, 7) is 3.53. The molecule has 0 aromatic heterocycles. The van der Waals surface area contributed by atoms with Gasteiger partial charge in [0.15, 0.2) is 0 Å². The number of hydrogen-bond acceptors (Lipinski definition) is 2. The van der Waals surface area contributed by atoms with Crippen molar-refractivity contribution in [3.8, 4) is 0 Å². The van der Waals surface area contributed by atoms with E-state index in [9.17, 15) is 9.59 Å². The van der Waals surface area contributed by atoms with Gasteiger partial charge in [-0.15, -0.1) is 0 Å². The summed E-state index contributed by atoms with van der Waals surface area (Å²) >= 11 is 0. The van der Waals surface area contributed by atoms with Gasteiger partial charge in [-0.05, 0) is 89.2 Å². The van der Waals surface area contributed by atoms with E-state index in [1.54, 1.807) is 13.8 Å². The summed E-state index contributed by atoms with van der Waals surface area (Å²) in [7, 11) is 0. The number of unbranched alkanes of at least 4 members (excludes halogenated alkanes) is 2. The number of ketones is 2. The van der Waals surface area contributed by atoms with Crippen LogP contribution in [0.3, 0.4) is 0 Å². The molecule has 0 bridgehead atoms. The van der Waals surface area contributed by atoms with Crippen molar-refractivity contribution >= 4 is 11.6 Å². The zero-order valence-corrected chi connectivity index (χ0v) is 16.6. The summed E-state index contributed by atoms with van der Waals surface area (Å²) in [6.07, 6.45) is 13.5. The van der Waals surface area contributed by atoms with Gasteiger partial charge in [-0.25, -0.2) is 0 Å². The molecule has 1 aromatic carbocycles. The average Bonchev–Trinajstić information content (AvgIpc) is 3.52. The molecule has 0 amide bonds. The summed E-state index contributed by atoms with van der Waals surface area (Å²) in [4.78, 5) is 23.4. The minimum Gasteiger partial charge on any atom is -0.299 e. The topological polar surface area (TPSA) is 34.1 Å². The first-order valence-electron chi connectivity index (χ1n) is 10.6. The van der Waals surface area contributed by atoms with Crippen LogP contribution < -0.4 is 0 Å². The second kappa shape index (κ2) is 8.06. The van der Waals surface area contributed by atoms with Crippen molar-refractivity contribution in [2.75, 3.05) is 0 Å². The molecule has 3 rings (SSSR count). The number of benzene rings is 1. The molecule has 2 aliphatic carbocycles. The number of aryl methyl sites for hydroxylation is 2. The van der Waals surface area contributed by atoms with Crippen molar-refractivity contribution in [3.63, 3.8) is 0 Å². The van der Waals surface area contributed by atoms with Crippen LogP contribution in [0.2, 0.25) is 0 Å². The lowest BCUT2D eigenvalue weighted by molar-refractivity contribution is -0.123. The summed E-state index contributed by atoms with van der Waals surface area (Å²) in [5.74, 6) is 0.800. The summed E-state index contributed by atoms with van der Waals surface area (Å²) in [5, 5.41) is 0. The molecule has 0 saturated heterocycles. The molecule has 1 aromatic rings. The van der Waals surface area contributed by atoms with Crippen LogP contribution in [0, 0.1) is 10.8 Å². The molecule has 0 radical (unpaired) electrons. The van der Waals surface area contributed by atoms with E-state index in [-0.39, 0.29) is 10.8 Å². The van der Waals surface area contributed by atoms with Crippen LogP contribution in [-0.4, -0.2) is 11.6 Å². The molecule has 0 N–H and O–H groups in total. The van der Waals surface area contributed by atoms with Crippen LogP contribution in [0.1, 0.15) is 89.2 Å². The maximum Gasteiger partial charge on any atom is 0.135 e. The van der Waals surface area contributed by atoms with Crippen LogP contribution in [0.4, 0.5) is 0 Å². The molecule has 2 fully saturated rings. The highest BCUT2D eigenvalue weighted by Crippen LogP contribution is 2.51. The van der Waals surface area contributed by atoms with Gasteiger partial charge in [0, 0.05) is 10.8 Å². The van der Waals surface area contributed by atoms with Crippen LogP contribution in [0.15, 0.2) is 24.3 Å². The molecule has 26 heavy (non-hydrogen) atoms. The van der Waals surface area contributed by atoms with Crippen LogP contribution >= 0.6 is 0 Å². The van der Waals surface area contributed by atoms with Gasteiger partial charge in [-0.3, -0.25) is 9.59 Å². The van der Waals surface area contributed by atoms with Gasteiger partial charge in [0.1, 0.15) is 11.6 Å². The first kappa shape index (κ1) is 19.3. The highest BCUT2D eigenvalue weighted by molar-refractivity contribution is 5.85. The second-order valence-corrected chi connectivity index (χ2v) is 8.86. The summed E-state index contributed by atoms with van der Waals surface area (Å²) in [5.41, 5.74) is 3.09. The van der Waals surface area contributed by atoms with Crippen molar-refractivity contribution in [3.05, 3.63) is 35.4 Å². The number of rotatable bonds is 12. The number of carbonyl (C=O) groups excluding carboxylic acids is 2. The lowest BCUT2D eigenvalue weighted by atomic mass is 9.91. The van der Waals surface area contributed by atoms with E-state index < -0.39 is 0 Å². The number of carbonyl (C=O) groups is 2. The van der Waals surface area contributed by atoms with E-state index in [0.717, 1.165) is 64.2 Å². The van der Waals surface area contributed by atoms with Crippen molar-refractivity contribution in [2.24, 2.45) is 10.8 Å². The predicted octanol–water partition coefficient (Wildman–Crippen LogP) is 5.85. The van der Waals surface area contributed by atoms with Gasteiger partial charge >= 0.3 is 0 Å². The Morgan fingerprint density at radius 2 is 1.12 bits per heavy atom. The minimum absolute atomic E-state index is 0.0645. The zero-order chi connectivity index (χ0) is 18.6. The fourth-order valence-corrected chi connectivity index (χ4v) is 4.46. The summed E-state index contributed by atoms with van der Waals surface area (Å²) < 4.78 is 0. The third-order valence-corrected chi connectivity index (χ3v) is 7.02. The third kappa shape index (κ3) is 4.64. The fourth-order valence-electron chi connectivity index (χ4n) is 4.46. The van der Waals surface area contributed by atoms with Gasteiger partial charge in [0.05, 0.1) is 0 Å². The molecule has 0 unspecified atom stereocenters. The van der Waals surface area contributed by atoms with Gasteiger partial charge in [-0.1, -0.05) is 37.1 Å². The van der Waals surface area contributed by atoms with E-state index in [0.29, 0.717) is 11.6 Å². The molecule has 0 atom stereocenters. The first-order valence-corrected chi connectivity index (χ1v) is 10.6. The number of Topliss-reactive ketones (excluding diaryl/α,β-unsaturated/α-hetero) is 2. The summed E-state index contributed by atoms with van der Waals surface area (Å²) in [6, 6.07) is 8.83. The fraction of sp³-hybridized carbons (Fsp3) is 0.667. The Kier molecular flexibility index (Phi) is 5.99. The van der Waals surface area contributed by atoms with E-state index in [1.165, 1.54) is 24.0 Å². The maximum atomic E-state index is 11.7. The van der Waals surface area contributed by atoms with Crippen LogP contribution in [-0.2, 0) is 22.4 Å². The van der Waals surface area contributed by atoms with Gasteiger partial charge in [-0.2, -0.15) is 0 Å². The van der Waals surface area contributed by atoms with Gasteiger partial charge < -0.3 is 0 Å². The molecule has 0 spiro atoms. The van der Waals surface area contributed by atoms with Gasteiger partial charge in [0.25, 0.3) is 0 Å². The van der Waals surface area contributed by atoms with Crippen molar-refractivity contribution in [1.29, 1.82) is 0 Å². The Labute approximate surface area is 158 Å². The largest absolute Gasteiger partial charge is 0.299 e. The molecule has 2 saturated carbocycles. The van der Waals surface area contributed by atoms with E-state index in [2.05, 4.69) is 24.3 Å². The monoisotopic (exact) mass is 354 g/mol. The first-order chi connectivity index (χ1) is 12.5. The molecule has 142 valence electrons. The average molecular weight is 355 g/mol. The molecule has 0 aliphatic heterocycles. The Morgan fingerprint density at radius 3 is 1.42 bits per heavy atom. The molecule has 2 aliphatic rings. The minimum atomic E-state index is 0.0645. The Hall–Kier alpha value is -1.44. The van der Waals surface area contributed by atoms with Gasteiger partial charge in [0.2, 0.25) is 0 Å². The molecule has 2 nitrogen and oxygen atoms in total. The van der Waals surface area contributed by atoms with E-state index in [4.69, 9.17) is 0 Å². The second-order valence-electron chi connectivity index (χ2n) is 8.86. The Bertz CT molecular complexity index is 593.